The average molecular weight is 493 g/mol. The summed E-state index contributed by atoms with van der Waals surface area (Å²) in [6.45, 7) is 19.3. The van der Waals surface area contributed by atoms with Crippen LogP contribution in [0.3, 0.4) is 0 Å². The van der Waals surface area contributed by atoms with Crippen LogP contribution in [0.2, 0.25) is 5.02 Å². The number of halogens is 1. The fourth-order valence-corrected chi connectivity index (χ4v) is 4.77. The third-order valence-corrected chi connectivity index (χ3v) is 6.86. The zero-order valence-corrected chi connectivity index (χ0v) is 22.5. The summed E-state index contributed by atoms with van der Waals surface area (Å²) >= 11 is 6.21. The van der Waals surface area contributed by atoms with Crippen LogP contribution in [0, 0.1) is 18.8 Å². The van der Waals surface area contributed by atoms with Crippen LogP contribution in [0.4, 0.5) is 0 Å². The Kier molecular flexibility index (Phi) is 12.8. The number of rotatable bonds is 7. The lowest BCUT2D eigenvalue weighted by atomic mass is 9.79. The molecule has 1 heterocycles. The van der Waals surface area contributed by atoms with Crippen molar-refractivity contribution in [1.82, 2.24) is 0 Å². The lowest BCUT2D eigenvalue weighted by Crippen LogP contribution is -2.93. The zero-order chi connectivity index (χ0) is 25.6. The monoisotopic (exact) mass is 492 g/mol. The Morgan fingerprint density at radius 3 is 2.26 bits per heavy atom. The summed E-state index contributed by atoms with van der Waals surface area (Å²) < 4.78 is 6.20. The molecular formula is C32H43ClNO+. The number of allylic oxidation sites excluding steroid dienone is 5. The quantitative estimate of drug-likeness (QED) is 0.312. The van der Waals surface area contributed by atoms with Gasteiger partial charge in [0.05, 0.1) is 13.2 Å². The summed E-state index contributed by atoms with van der Waals surface area (Å²) in [6, 6.07) is 18.2. The van der Waals surface area contributed by atoms with E-state index in [4.69, 9.17) is 16.3 Å². The molecule has 1 aliphatic heterocycles. The Labute approximate surface area is 218 Å². The predicted molar refractivity (Wildman–Crippen MR) is 152 cm³/mol. The van der Waals surface area contributed by atoms with E-state index >= 15 is 0 Å². The van der Waals surface area contributed by atoms with E-state index in [2.05, 4.69) is 82.2 Å². The summed E-state index contributed by atoms with van der Waals surface area (Å²) in [4.78, 5) is 0. The van der Waals surface area contributed by atoms with E-state index in [-0.39, 0.29) is 0 Å². The first-order chi connectivity index (χ1) is 16.9. The number of nitrogens with two attached hydrogens (primary N) is 1. The van der Waals surface area contributed by atoms with Gasteiger partial charge in [-0.15, -0.1) is 6.58 Å². The van der Waals surface area contributed by atoms with E-state index in [9.17, 15) is 0 Å². The molecule has 0 amide bonds. The van der Waals surface area contributed by atoms with Crippen LogP contribution in [0.25, 0.3) is 0 Å². The Bertz CT molecular complexity index is 936. The molecule has 188 valence electrons. The molecule has 0 spiro atoms. The predicted octanol–water partition coefficient (Wildman–Crippen LogP) is 7.59. The second kappa shape index (κ2) is 15.6. The van der Waals surface area contributed by atoms with Gasteiger partial charge in [-0.05, 0) is 43.4 Å². The molecule has 4 unspecified atom stereocenters. The summed E-state index contributed by atoms with van der Waals surface area (Å²) in [5.41, 5.74) is 4.07. The Morgan fingerprint density at radius 2 is 1.69 bits per heavy atom. The zero-order valence-electron chi connectivity index (χ0n) is 21.7. The van der Waals surface area contributed by atoms with Gasteiger partial charge in [0.15, 0.2) is 0 Å². The molecule has 1 saturated heterocycles. The molecule has 3 rings (SSSR count). The van der Waals surface area contributed by atoms with Gasteiger partial charge in [0, 0.05) is 22.4 Å². The molecule has 2 N–H and O–H groups in total. The van der Waals surface area contributed by atoms with Crippen molar-refractivity contribution in [2.45, 2.75) is 51.6 Å². The highest BCUT2D eigenvalue weighted by Crippen LogP contribution is 2.36. The molecule has 0 aliphatic carbocycles. The number of hydrogen-bond acceptors (Lipinski definition) is 1. The van der Waals surface area contributed by atoms with Crippen LogP contribution in [0.5, 0.6) is 0 Å². The first-order valence-corrected chi connectivity index (χ1v) is 13.0. The highest BCUT2D eigenvalue weighted by Gasteiger charge is 2.35. The van der Waals surface area contributed by atoms with Gasteiger partial charge in [0.1, 0.15) is 12.1 Å². The van der Waals surface area contributed by atoms with Crippen LogP contribution >= 0.6 is 11.6 Å². The van der Waals surface area contributed by atoms with Crippen LogP contribution in [0.1, 0.15) is 55.3 Å². The van der Waals surface area contributed by atoms with E-state index in [1.807, 2.05) is 30.4 Å². The number of aryl methyl sites for hydroxylation is 1. The van der Waals surface area contributed by atoms with Gasteiger partial charge in [-0.1, -0.05) is 111 Å². The maximum absolute atomic E-state index is 6.21. The fourth-order valence-electron chi connectivity index (χ4n) is 4.64. The standard InChI is InChI=1S/C26H34ClNO.C6H8/c1-5-7-20-15-24(22-9-6-8-19(4)14-22)26(21-10-12-23(27)13-11-21)28-25(18(2)3)17-29-16-20;1-3-5-6-4-2/h5-6,8-14,18,20,24-26,28H,1,7,15-17H2,2-4H3;3-6H,1-2H2/p+1/b;6-5-. The van der Waals surface area contributed by atoms with Crippen LogP contribution in [-0.4, -0.2) is 19.3 Å². The molecule has 4 atom stereocenters. The molecule has 1 fully saturated rings. The van der Waals surface area contributed by atoms with Crippen molar-refractivity contribution >= 4 is 11.6 Å². The van der Waals surface area contributed by atoms with E-state index in [0.29, 0.717) is 29.8 Å². The average Bonchev–Trinajstić information content (AvgIpc) is 2.93. The molecule has 0 aromatic heterocycles. The van der Waals surface area contributed by atoms with E-state index in [1.54, 1.807) is 12.2 Å². The molecule has 0 bridgehead atoms. The van der Waals surface area contributed by atoms with Gasteiger partial charge >= 0.3 is 0 Å². The minimum Gasteiger partial charge on any atom is -0.375 e. The highest BCUT2D eigenvalue weighted by molar-refractivity contribution is 6.30. The molecule has 35 heavy (non-hydrogen) atoms. The van der Waals surface area contributed by atoms with Crippen molar-refractivity contribution in [1.29, 1.82) is 0 Å². The summed E-state index contributed by atoms with van der Waals surface area (Å²) in [5.74, 6) is 1.43. The first kappa shape index (κ1) is 28.8. The second-order valence-corrected chi connectivity index (χ2v) is 10.2. The third-order valence-electron chi connectivity index (χ3n) is 6.60. The molecule has 2 aromatic rings. The van der Waals surface area contributed by atoms with E-state index in [1.165, 1.54) is 16.7 Å². The molecule has 2 nitrogen and oxygen atoms in total. The fraction of sp³-hybridized carbons (Fsp3) is 0.375. The summed E-state index contributed by atoms with van der Waals surface area (Å²) in [7, 11) is 0. The SMILES string of the molecule is C=C/C=C\C=C.C=CCC1COCC(C(C)C)[NH2+]C(c2ccc(Cl)cc2)C(c2cccc(C)c2)C1. The largest absolute Gasteiger partial charge is 0.375 e. The molecule has 0 saturated carbocycles. The van der Waals surface area contributed by atoms with Crippen LogP contribution in [0.15, 0.2) is 98.6 Å². The van der Waals surface area contributed by atoms with E-state index < -0.39 is 0 Å². The lowest BCUT2D eigenvalue weighted by Gasteiger charge is -2.31. The van der Waals surface area contributed by atoms with Gasteiger partial charge in [0.25, 0.3) is 0 Å². The van der Waals surface area contributed by atoms with Crippen molar-refractivity contribution < 1.29 is 10.1 Å². The first-order valence-electron chi connectivity index (χ1n) is 12.6. The number of benzene rings is 2. The number of quaternary nitrogens is 1. The molecule has 0 radical (unpaired) electrons. The minimum atomic E-state index is 0.329. The van der Waals surface area contributed by atoms with Gasteiger partial charge < -0.3 is 10.1 Å². The normalized spacial score (nSPS) is 22.9. The van der Waals surface area contributed by atoms with Gasteiger partial charge in [-0.25, -0.2) is 0 Å². The number of ether oxygens (including phenoxy) is 1. The molecular weight excluding hydrogens is 450 g/mol. The van der Waals surface area contributed by atoms with Gasteiger partial charge in [-0.3, -0.25) is 0 Å². The van der Waals surface area contributed by atoms with Crippen molar-refractivity contribution in [3.8, 4) is 0 Å². The third kappa shape index (κ3) is 9.64. The second-order valence-electron chi connectivity index (χ2n) is 9.72. The van der Waals surface area contributed by atoms with Crippen LogP contribution in [-0.2, 0) is 4.74 Å². The molecule has 2 aromatic carbocycles. The number of hydrogen-bond donors (Lipinski definition) is 1. The minimum absolute atomic E-state index is 0.329. The van der Waals surface area contributed by atoms with Crippen LogP contribution < -0.4 is 5.32 Å². The Hall–Kier alpha value is -2.39. The Morgan fingerprint density at radius 1 is 1.00 bits per heavy atom. The summed E-state index contributed by atoms with van der Waals surface area (Å²) in [5, 5.41) is 3.34. The molecule has 3 heteroatoms. The maximum Gasteiger partial charge on any atom is 0.119 e. The molecule has 1 aliphatic rings. The van der Waals surface area contributed by atoms with Crippen molar-refractivity contribution in [3.63, 3.8) is 0 Å². The maximum atomic E-state index is 6.21. The van der Waals surface area contributed by atoms with Crippen molar-refractivity contribution in [2.24, 2.45) is 11.8 Å². The van der Waals surface area contributed by atoms with E-state index in [0.717, 1.165) is 31.1 Å². The smallest absolute Gasteiger partial charge is 0.119 e. The Balaban J connectivity index is 0.000000641. The highest BCUT2D eigenvalue weighted by atomic mass is 35.5. The topological polar surface area (TPSA) is 25.8 Å². The van der Waals surface area contributed by atoms with Crippen molar-refractivity contribution in [3.05, 3.63) is 120 Å². The van der Waals surface area contributed by atoms with Crippen molar-refractivity contribution in [2.75, 3.05) is 13.2 Å². The summed E-state index contributed by atoms with van der Waals surface area (Å²) in [6.07, 6.45) is 11.2. The lowest BCUT2D eigenvalue weighted by molar-refractivity contribution is -0.737. The van der Waals surface area contributed by atoms with Gasteiger partial charge in [0.2, 0.25) is 0 Å². The van der Waals surface area contributed by atoms with Gasteiger partial charge in [-0.2, -0.15) is 0 Å².